The molecule has 0 fully saturated rings. The summed E-state index contributed by atoms with van der Waals surface area (Å²) in [7, 11) is 1.74. The van der Waals surface area contributed by atoms with Gasteiger partial charge in [0.2, 0.25) is 0 Å². The third-order valence-electron chi connectivity index (χ3n) is 2.13. The van der Waals surface area contributed by atoms with Gasteiger partial charge in [0.25, 0.3) is 5.91 Å². The van der Waals surface area contributed by atoms with E-state index in [9.17, 15) is 9.90 Å². The Morgan fingerprint density at radius 1 is 1.60 bits per heavy atom. The number of carbonyl (C=O) groups excluding carboxylic acids is 1. The van der Waals surface area contributed by atoms with Crippen molar-refractivity contribution in [1.82, 2.24) is 9.78 Å². The number of carbonyl (C=O) groups is 1. The molecule has 0 saturated heterocycles. The molecule has 0 aliphatic rings. The largest absolute Gasteiger partial charge is 0.378 e. The second-order valence-corrected chi connectivity index (χ2v) is 4.66. The number of aromatic nitrogens is 2. The molecule has 0 aliphatic heterocycles. The van der Waals surface area contributed by atoms with E-state index in [-0.39, 0.29) is 5.41 Å². The van der Waals surface area contributed by atoms with Crippen LogP contribution in [0, 0.1) is 0 Å². The summed E-state index contributed by atoms with van der Waals surface area (Å²) in [5.41, 5.74) is 6.01. The van der Waals surface area contributed by atoms with Crippen molar-refractivity contribution in [3.8, 4) is 0 Å². The van der Waals surface area contributed by atoms with Gasteiger partial charge in [-0.1, -0.05) is 20.8 Å². The van der Waals surface area contributed by atoms with E-state index in [1.807, 2.05) is 20.8 Å². The first-order chi connectivity index (χ1) is 6.73. The summed E-state index contributed by atoms with van der Waals surface area (Å²) in [4.78, 5) is 10.9. The third-order valence-corrected chi connectivity index (χ3v) is 2.13. The number of rotatable bonds is 2. The van der Waals surface area contributed by atoms with E-state index in [1.165, 1.54) is 0 Å². The van der Waals surface area contributed by atoms with E-state index in [0.717, 1.165) is 0 Å². The Morgan fingerprint density at radius 3 is 2.53 bits per heavy atom. The Hall–Kier alpha value is -1.36. The Balaban J connectivity index is 3.24. The number of nitrogens with zero attached hydrogens (tertiary/aromatic N) is 2. The lowest BCUT2D eigenvalue weighted by Gasteiger charge is -2.18. The number of amides is 1. The van der Waals surface area contributed by atoms with Gasteiger partial charge in [-0.15, -0.1) is 0 Å². The molecular weight excluding hydrogens is 194 g/mol. The van der Waals surface area contributed by atoms with Gasteiger partial charge in [0, 0.05) is 24.2 Å². The van der Waals surface area contributed by atoms with Gasteiger partial charge < -0.3 is 10.8 Å². The Morgan fingerprint density at radius 2 is 2.13 bits per heavy atom. The summed E-state index contributed by atoms with van der Waals surface area (Å²) in [5, 5.41) is 13.9. The Labute approximate surface area is 88.9 Å². The second kappa shape index (κ2) is 3.66. The molecule has 3 N–H and O–H groups in total. The Bertz CT molecular complexity index is 377. The first kappa shape index (κ1) is 11.7. The molecule has 0 aromatic carbocycles. The molecule has 1 atom stereocenters. The fourth-order valence-electron chi connectivity index (χ4n) is 1.44. The van der Waals surface area contributed by atoms with Crippen molar-refractivity contribution >= 4 is 5.91 Å². The lowest BCUT2D eigenvalue weighted by atomic mass is 9.88. The summed E-state index contributed by atoms with van der Waals surface area (Å²) >= 11 is 0. The number of aliphatic hydroxyl groups excluding tert-OH is 1. The number of primary amides is 1. The smallest absolute Gasteiger partial charge is 0.251 e. The van der Waals surface area contributed by atoms with Crippen LogP contribution in [-0.2, 0) is 17.3 Å². The van der Waals surface area contributed by atoms with Crippen LogP contribution >= 0.6 is 0 Å². The second-order valence-electron chi connectivity index (χ2n) is 4.66. The van der Waals surface area contributed by atoms with Crippen LogP contribution in [0.15, 0.2) is 6.20 Å². The minimum Gasteiger partial charge on any atom is -0.378 e. The van der Waals surface area contributed by atoms with Crippen LogP contribution in [0.1, 0.15) is 38.1 Å². The minimum absolute atomic E-state index is 0.229. The molecule has 1 unspecified atom stereocenters. The van der Waals surface area contributed by atoms with Gasteiger partial charge in [-0.05, 0) is 0 Å². The normalized spacial score (nSPS) is 13.9. The monoisotopic (exact) mass is 211 g/mol. The molecule has 5 nitrogen and oxygen atoms in total. The molecule has 1 aromatic heterocycles. The lowest BCUT2D eigenvalue weighted by Crippen LogP contribution is -2.24. The molecule has 5 heteroatoms. The van der Waals surface area contributed by atoms with Crippen molar-refractivity contribution < 1.29 is 9.90 Å². The van der Waals surface area contributed by atoms with Gasteiger partial charge in [0.05, 0.1) is 5.69 Å². The van der Waals surface area contributed by atoms with Crippen molar-refractivity contribution in [2.75, 3.05) is 0 Å². The van der Waals surface area contributed by atoms with Crippen molar-refractivity contribution in [2.24, 2.45) is 12.8 Å². The topological polar surface area (TPSA) is 81.1 Å². The van der Waals surface area contributed by atoms with Gasteiger partial charge >= 0.3 is 0 Å². The van der Waals surface area contributed by atoms with Crippen LogP contribution < -0.4 is 5.73 Å². The molecule has 0 bridgehead atoms. The van der Waals surface area contributed by atoms with Crippen LogP contribution in [0.4, 0.5) is 0 Å². The number of nitrogens with two attached hydrogens (primary N) is 1. The van der Waals surface area contributed by atoms with Crippen molar-refractivity contribution in [3.63, 3.8) is 0 Å². The van der Waals surface area contributed by atoms with Crippen LogP contribution in [0.25, 0.3) is 0 Å². The van der Waals surface area contributed by atoms with Gasteiger partial charge in [0.1, 0.15) is 0 Å². The summed E-state index contributed by atoms with van der Waals surface area (Å²) in [6.07, 6.45) is 0.337. The van der Waals surface area contributed by atoms with Gasteiger partial charge in [-0.3, -0.25) is 9.48 Å². The predicted octanol–water partition coefficient (Wildman–Crippen LogP) is 0.236. The maximum Gasteiger partial charge on any atom is 0.251 e. The van der Waals surface area contributed by atoms with E-state index < -0.39 is 12.0 Å². The first-order valence-electron chi connectivity index (χ1n) is 4.75. The maximum atomic E-state index is 10.9. The first-order valence-corrected chi connectivity index (χ1v) is 4.75. The average Bonchev–Trinajstić information content (AvgIpc) is 2.44. The summed E-state index contributed by atoms with van der Waals surface area (Å²) in [5.74, 6) is -0.756. The van der Waals surface area contributed by atoms with Crippen molar-refractivity contribution in [1.29, 1.82) is 0 Å². The van der Waals surface area contributed by atoms with Crippen molar-refractivity contribution in [2.45, 2.75) is 32.3 Å². The number of hydrogen-bond acceptors (Lipinski definition) is 3. The highest BCUT2D eigenvalue weighted by Crippen LogP contribution is 2.27. The maximum absolute atomic E-state index is 10.9. The van der Waals surface area contributed by atoms with E-state index >= 15 is 0 Å². The molecule has 1 amide bonds. The molecule has 0 spiro atoms. The van der Waals surface area contributed by atoms with Gasteiger partial charge in [0.15, 0.2) is 6.10 Å². The lowest BCUT2D eigenvalue weighted by molar-refractivity contribution is -0.126. The average molecular weight is 211 g/mol. The molecular formula is C10H17N3O2. The summed E-state index contributed by atoms with van der Waals surface area (Å²) < 4.78 is 1.57. The molecule has 15 heavy (non-hydrogen) atoms. The fourth-order valence-corrected chi connectivity index (χ4v) is 1.44. The third kappa shape index (κ3) is 2.36. The zero-order valence-corrected chi connectivity index (χ0v) is 9.48. The van der Waals surface area contributed by atoms with Crippen LogP contribution in [-0.4, -0.2) is 20.8 Å². The van der Waals surface area contributed by atoms with Gasteiger partial charge in [-0.2, -0.15) is 5.10 Å². The SMILES string of the molecule is Cn1cc(C(O)C(N)=O)c(C(C)(C)C)n1. The number of hydrogen-bond donors (Lipinski definition) is 2. The number of aliphatic hydroxyl groups is 1. The standard InChI is InChI=1S/C10H17N3O2/c1-10(2,3)8-6(5-13(4)12-8)7(14)9(11)15/h5,7,14H,1-4H3,(H2,11,15). The minimum atomic E-state index is -1.28. The highest BCUT2D eigenvalue weighted by Gasteiger charge is 2.27. The molecule has 0 radical (unpaired) electrons. The summed E-state index contributed by atoms with van der Waals surface area (Å²) in [6.45, 7) is 5.89. The summed E-state index contributed by atoms with van der Waals surface area (Å²) in [6, 6.07) is 0. The van der Waals surface area contributed by atoms with Crippen LogP contribution in [0.3, 0.4) is 0 Å². The van der Waals surface area contributed by atoms with Crippen LogP contribution in [0.5, 0.6) is 0 Å². The fraction of sp³-hybridized carbons (Fsp3) is 0.600. The highest BCUT2D eigenvalue weighted by atomic mass is 16.3. The van der Waals surface area contributed by atoms with Gasteiger partial charge in [-0.25, -0.2) is 0 Å². The molecule has 84 valence electrons. The van der Waals surface area contributed by atoms with E-state index in [2.05, 4.69) is 5.10 Å². The van der Waals surface area contributed by atoms with Crippen LogP contribution in [0.2, 0.25) is 0 Å². The Kier molecular flexibility index (Phi) is 2.86. The zero-order chi connectivity index (χ0) is 11.8. The molecule has 0 aliphatic carbocycles. The van der Waals surface area contributed by atoms with Crippen molar-refractivity contribution in [3.05, 3.63) is 17.5 Å². The van der Waals surface area contributed by atoms with E-state index in [4.69, 9.17) is 5.73 Å². The quantitative estimate of drug-likeness (QED) is 0.735. The predicted molar refractivity (Wildman–Crippen MR) is 56.1 cm³/mol. The number of aryl methyl sites for hydroxylation is 1. The molecule has 0 saturated carbocycles. The highest BCUT2D eigenvalue weighted by molar-refractivity contribution is 5.80. The van der Waals surface area contributed by atoms with E-state index in [0.29, 0.717) is 11.3 Å². The molecule has 1 heterocycles. The molecule has 1 aromatic rings. The molecule has 1 rings (SSSR count). The zero-order valence-electron chi connectivity index (χ0n) is 9.48. The van der Waals surface area contributed by atoms with E-state index in [1.54, 1.807) is 17.9 Å².